The number of aromatic amines is 1. The molecule has 2 aromatic carbocycles. The van der Waals surface area contributed by atoms with Gasteiger partial charge in [0, 0.05) is 17.0 Å². The Morgan fingerprint density at radius 3 is 2.47 bits per heavy atom. The SMILES string of the molecule is Cc1sc(C(O)=S)c2c1nc(C)n2Cc1ccc(-c2ccccc2-c2nc(=S)o[nH]2)cc1. The molecule has 6 nitrogen and oxygen atoms in total. The molecular weight excluding hydrogens is 460 g/mol. The number of rotatable bonds is 5. The summed E-state index contributed by atoms with van der Waals surface area (Å²) < 4.78 is 7.21. The highest BCUT2D eigenvalue weighted by molar-refractivity contribution is 7.80. The zero-order valence-electron chi connectivity index (χ0n) is 17.2. The van der Waals surface area contributed by atoms with Gasteiger partial charge in [-0.25, -0.2) is 10.1 Å². The molecule has 0 saturated carbocycles. The quantitative estimate of drug-likeness (QED) is 0.286. The van der Waals surface area contributed by atoms with E-state index in [9.17, 15) is 5.11 Å². The van der Waals surface area contributed by atoms with Crippen LogP contribution in [-0.4, -0.2) is 29.8 Å². The van der Waals surface area contributed by atoms with Crippen molar-refractivity contribution in [2.75, 3.05) is 0 Å². The molecule has 0 spiro atoms. The van der Waals surface area contributed by atoms with Crippen LogP contribution in [0.25, 0.3) is 33.5 Å². The van der Waals surface area contributed by atoms with E-state index in [-0.39, 0.29) is 9.89 Å². The standard InChI is InChI=1S/C23H18N4O2S3/c1-12-18-19(20(32-12)22(28)30)27(13(2)24-18)11-14-7-9-15(10-8-14)16-5-3-4-6-17(16)21-25-23(31)29-26-21/h3-10H,11H2,1-2H3,(H,28,30)(H,25,26,31). The molecule has 0 amide bonds. The predicted octanol–water partition coefficient (Wildman–Crippen LogP) is 6.38. The maximum atomic E-state index is 10.00. The fraction of sp³-hybridized carbons (Fsp3) is 0.130. The Bertz CT molecular complexity index is 1520. The first-order valence-corrected chi connectivity index (χ1v) is 11.5. The number of thiophene rings is 1. The van der Waals surface area contributed by atoms with Crippen molar-refractivity contribution < 1.29 is 9.63 Å². The molecule has 9 heteroatoms. The lowest BCUT2D eigenvalue weighted by Gasteiger charge is -2.10. The molecule has 0 aliphatic heterocycles. The van der Waals surface area contributed by atoms with Gasteiger partial charge in [-0.2, -0.15) is 4.98 Å². The Labute approximate surface area is 198 Å². The van der Waals surface area contributed by atoms with Crippen LogP contribution in [0, 0.1) is 18.7 Å². The molecule has 5 rings (SSSR count). The number of aryl methyl sites for hydroxylation is 2. The van der Waals surface area contributed by atoms with Crippen LogP contribution in [0.15, 0.2) is 53.1 Å². The van der Waals surface area contributed by atoms with E-state index < -0.39 is 0 Å². The summed E-state index contributed by atoms with van der Waals surface area (Å²) in [5.41, 5.74) is 5.92. The van der Waals surface area contributed by atoms with Gasteiger partial charge in [0.2, 0.25) is 5.05 Å². The minimum Gasteiger partial charge on any atom is -0.498 e. The topological polar surface area (TPSA) is 79.9 Å². The van der Waals surface area contributed by atoms with Crippen LogP contribution in [0.5, 0.6) is 0 Å². The Morgan fingerprint density at radius 2 is 1.81 bits per heavy atom. The first-order chi connectivity index (χ1) is 15.4. The first kappa shape index (κ1) is 20.7. The lowest BCUT2D eigenvalue weighted by Crippen LogP contribution is -2.04. The van der Waals surface area contributed by atoms with Gasteiger partial charge < -0.3 is 14.2 Å². The van der Waals surface area contributed by atoms with Gasteiger partial charge in [0.15, 0.2) is 5.82 Å². The maximum Gasteiger partial charge on any atom is 0.314 e. The number of H-pyrrole nitrogens is 1. The lowest BCUT2D eigenvalue weighted by molar-refractivity contribution is 0.406. The van der Waals surface area contributed by atoms with Crippen molar-refractivity contribution in [1.82, 2.24) is 19.7 Å². The zero-order chi connectivity index (χ0) is 22.4. The molecule has 0 fully saturated rings. The second-order valence-corrected chi connectivity index (χ2v) is 9.37. The number of hydrogen-bond acceptors (Lipinski definition) is 6. The van der Waals surface area contributed by atoms with Crippen molar-refractivity contribution in [1.29, 1.82) is 0 Å². The summed E-state index contributed by atoms with van der Waals surface area (Å²) in [5.74, 6) is 1.49. The Balaban J connectivity index is 1.51. The van der Waals surface area contributed by atoms with E-state index in [0.29, 0.717) is 17.2 Å². The molecule has 0 aliphatic carbocycles. The molecule has 0 bridgehead atoms. The number of thiocarbonyl (C=S) groups is 1. The molecule has 0 saturated heterocycles. The Kier molecular flexibility index (Phi) is 5.24. The van der Waals surface area contributed by atoms with Crippen LogP contribution in [0.1, 0.15) is 21.1 Å². The molecule has 5 aromatic rings. The minimum atomic E-state index is -0.0897. The lowest BCUT2D eigenvalue weighted by atomic mass is 9.98. The van der Waals surface area contributed by atoms with Gasteiger partial charge >= 0.3 is 4.84 Å². The molecule has 3 heterocycles. The van der Waals surface area contributed by atoms with Crippen LogP contribution in [0.2, 0.25) is 0 Å². The number of nitrogens with zero attached hydrogens (tertiary/aromatic N) is 3. The van der Waals surface area contributed by atoms with Gasteiger partial charge in [0.1, 0.15) is 16.2 Å². The molecule has 160 valence electrons. The fourth-order valence-corrected chi connectivity index (χ4v) is 5.18. The summed E-state index contributed by atoms with van der Waals surface area (Å²) in [6.07, 6.45) is 0. The van der Waals surface area contributed by atoms with Crippen LogP contribution < -0.4 is 0 Å². The number of aromatic nitrogens is 4. The number of aliphatic hydroxyl groups is 1. The average molecular weight is 479 g/mol. The maximum absolute atomic E-state index is 10.00. The number of aliphatic hydroxyl groups excluding tert-OH is 1. The van der Waals surface area contributed by atoms with E-state index in [2.05, 4.69) is 39.0 Å². The first-order valence-electron chi connectivity index (χ1n) is 9.86. The molecule has 0 unspecified atom stereocenters. The van der Waals surface area contributed by atoms with Crippen molar-refractivity contribution in [2.24, 2.45) is 0 Å². The average Bonchev–Trinajstić information content (AvgIpc) is 3.45. The zero-order valence-corrected chi connectivity index (χ0v) is 19.7. The van der Waals surface area contributed by atoms with Gasteiger partial charge in [0.05, 0.1) is 5.52 Å². The normalized spacial score (nSPS) is 11.3. The third-order valence-corrected chi connectivity index (χ3v) is 6.98. The third-order valence-electron chi connectivity index (χ3n) is 5.38. The molecule has 0 radical (unpaired) electrons. The van der Waals surface area contributed by atoms with Crippen molar-refractivity contribution in [3.8, 4) is 22.5 Å². The van der Waals surface area contributed by atoms with Gasteiger partial charge in [0.25, 0.3) is 0 Å². The van der Waals surface area contributed by atoms with Crippen LogP contribution >= 0.6 is 35.8 Å². The smallest absolute Gasteiger partial charge is 0.314 e. The number of nitrogens with one attached hydrogen (secondary N) is 1. The van der Waals surface area contributed by atoms with E-state index in [1.54, 1.807) is 0 Å². The Hall–Kier alpha value is -3.14. The van der Waals surface area contributed by atoms with Gasteiger partial charge in [-0.15, -0.1) is 11.3 Å². The second kappa shape index (κ2) is 8.09. The van der Waals surface area contributed by atoms with Crippen molar-refractivity contribution in [2.45, 2.75) is 20.4 Å². The molecule has 2 N–H and O–H groups in total. The summed E-state index contributed by atoms with van der Waals surface area (Å²) in [4.78, 5) is 10.9. The van der Waals surface area contributed by atoms with Crippen LogP contribution in [0.4, 0.5) is 0 Å². The van der Waals surface area contributed by atoms with Crippen molar-refractivity contribution in [3.63, 3.8) is 0 Å². The van der Waals surface area contributed by atoms with Crippen LogP contribution in [-0.2, 0) is 6.54 Å². The molecule has 0 atom stereocenters. The van der Waals surface area contributed by atoms with E-state index in [0.717, 1.165) is 44.0 Å². The van der Waals surface area contributed by atoms with Crippen molar-refractivity contribution >= 4 is 51.9 Å². The van der Waals surface area contributed by atoms with E-state index in [4.69, 9.17) is 33.9 Å². The van der Waals surface area contributed by atoms with Gasteiger partial charge in [-0.3, -0.25) is 0 Å². The highest BCUT2D eigenvalue weighted by Crippen LogP contribution is 2.33. The highest BCUT2D eigenvalue weighted by Gasteiger charge is 2.20. The highest BCUT2D eigenvalue weighted by atomic mass is 32.1. The van der Waals surface area contributed by atoms with Crippen molar-refractivity contribution in [3.05, 3.63) is 74.5 Å². The Morgan fingerprint density at radius 1 is 1.09 bits per heavy atom. The summed E-state index contributed by atoms with van der Waals surface area (Å²) in [7, 11) is 0. The predicted molar refractivity (Wildman–Crippen MR) is 133 cm³/mol. The molecule has 3 aromatic heterocycles. The summed E-state index contributed by atoms with van der Waals surface area (Å²) >= 11 is 11.5. The van der Waals surface area contributed by atoms with E-state index in [1.165, 1.54) is 11.3 Å². The second-order valence-electron chi connectivity index (χ2n) is 7.41. The van der Waals surface area contributed by atoms with Crippen LogP contribution in [0.3, 0.4) is 0 Å². The number of benzene rings is 2. The summed E-state index contributed by atoms with van der Waals surface area (Å²) in [6, 6.07) is 16.3. The van der Waals surface area contributed by atoms with E-state index >= 15 is 0 Å². The molecular formula is C23H18N4O2S3. The number of imidazole rings is 1. The van der Waals surface area contributed by atoms with Gasteiger partial charge in [-0.1, -0.05) is 48.5 Å². The third kappa shape index (κ3) is 3.58. The van der Waals surface area contributed by atoms with E-state index in [1.807, 2.05) is 38.1 Å². The summed E-state index contributed by atoms with van der Waals surface area (Å²) in [6.45, 7) is 4.60. The number of fused-ring (bicyclic) bond motifs is 1. The largest absolute Gasteiger partial charge is 0.498 e. The fourth-order valence-electron chi connectivity index (χ4n) is 3.89. The minimum absolute atomic E-state index is 0.0897. The molecule has 32 heavy (non-hydrogen) atoms. The van der Waals surface area contributed by atoms with Gasteiger partial charge in [-0.05, 0) is 55.0 Å². The summed E-state index contributed by atoms with van der Waals surface area (Å²) in [5, 5.41) is 12.7. The number of hydrogen-bond donors (Lipinski definition) is 2. The molecule has 0 aliphatic rings. The monoisotopic (exact) mass is 478 g/mol.